The predicted octanol–water partition coefficient (Wildman–Crippen LogP) is 2.98. The Balaban J connectivity index is 1.90. The van der Waals surface area contributed by atoms with Crippen molar-refractivity contribution in [1.82, 2.24) is 9.97 Å². The number of nitrogens with zero attached hydrogens (tertiary/aromatic N) is 4. The minimum atomic E-state index is -0.281. The van der Waals surface area contributed by atoms with Gasteiger partial charge < -0.3 is 15.5 Å². The van der Waals surface area contributed by atoms with E-state index in [2.05, 4.69) is 20.3 Å². The normalized spacial score (nSPS) is 13.6. The van der Waals surface area contributed by atoms with Crippen LogP contribution in [0.2, 0.25) is 0 Å². The first-order chi connectivity index (χ1) is 13.0. The SMILES string of the molecule is CN=C(CC=N)c1ccc2c(n1)N(C(=O)Nc1cc(C)nc(C)c1)CCO2. The summed E-state index contributed by atoms with van der Waals surface area (Å²) in [5.41, 5.74) is 3.67. The maximum absolute atomic E-state index is 12.9. The summed E-state index contributed by atoms with van der Waals surface area (Å²) < 4.78 is 5.64. The third-order valence-corrected chi connectivity index (χ3v) is 4.11. The highest BCUT2D eigenvalue weighted by atomic mass is 16.5. The zero-order valence-corrected chi connectivity index (χ0v) is 15.6. The van der Waals surface area contributed by atoms with Crippen LogP contribution in [0.4, 0.5) is 16.3 Å². The van der Waals surface area contributed by atoms with E-state index in [0.29, 0.717) is 48.2 Å². The number of anilines is 2. The smallest absolute Gasteiger partial charge is 0.327 e. The number of fused-ring (bicyclic) bond motifs is 1. The van der Waals surface area contributed by atoms with Crippen LogP contribution in [0, 0.1) is 19.3 Å². The highest BCUT2D eigenvalue weighted by Crippen LogP contribution is 2.30. The maximum atomic E-state index is 12.9. The van der Waals surface area contributed by atoms with Crippen LogP contribution in [0.3, 0.4) is 0 Å². The Morgan fingerprint density at radius 3 is 2.74 bits per heavy atom. The highest BCUT2D eigenvalue weighted by Gasteiger charge is 2.26. The standard InChI is InChI=1S/C19H22N6O2/c1-12-10-14(11-13(2)22-12)23-19(26)25-8-9-27-17-5-4-16(24-18(17)25)15(21-3)6-7-20/h4-5,7,10-11,20H,6,8-9H2,1-3H3,(H,22,23,26). The van der Waals surface area contributed by atoms with Gasteiger partial charge in [0, 0.05) is 36.8 Å². The van der Waals surface area contributed by atoms with E-state index in [0.717, 1.165) is 11.4 Å². The lowest BCUT2D eigenvalue weighted by atomic mass is 10.2. The van der Waals surface area contributed by atoms with Crippen molar-refractivity contribution < 1.29 is 9.53 Å². The van der Waals surface area contributed by atoms with Crippen LogP contribution >= 0.6 is 0 Å². The van der Waals surface area contributed by atoms with Gasteiger partial charge >= 0.3 is 6.03 Å². The fourth-order valence-corrected chi connectivity index (χ4v) is 2.96. The van der Waals surface area contributed by atoms with E-state index in [4.69, 9.17) is 10.1 Å². The molecule has 0 saturated heterocycles. The zero-order valence-electron chi connectivity index (χ0n) is 15.6. The van der Waals surface area contributed by atoms with Gasteiger partial charge in [-0.25, -0.2) is 9.78 Å². The maximum Gasteiger partial charge on any atom is 0.327 e. The lowest BCUT2D eigenvalue weighted by Crippen LogP contribution is -2.41. The molecule has 0 saturated carbocycles. The average Bonchev–Trinajstić information content (AvgIpc) is 2.64. The number of aromatic nitrogens is 2. The van der Waals surface area contributed by atoms with Crippen LogP contribution in [-0.4, -0.2) is 48.1 Å². The minimum absolute atomic E-state index is 0.281. The molecule has 0 radical (unpaired) electrons. The summed E-state index contributed by atoms with van der Waals surface area (Å²) in [5.74, 6) is 0.998. The first kappa shape index (κ1) is 18.5. The molecule has 1 aliphatic rings. The molecule has 3 rings (SSSR count). The first-order valence-electron chi connectivity index (χ1n) is 8.64. The van der Waals surface area contributed by atoms with Crippen molar-refractivity contribution in [3.63, 3.8) is 0 Å². The number of carbonyl (C=O) groups is 1. The van der Waals surface area contributed by atoms with Gasteiger partial charge in [0.05, 0.1) is 18.0 Å². The molecule has 2 N–H and O–H groups in total. The number of aryl methyl sites for hydroxylation is 2. The number of ether oxygens (including phenoxy) is 1. The van der Waals surface area contributed by atoms with Gasteiger partial charge in [-0.15, -0.1) is 0 Å². The van der Waals surface area contributed by atoms with Gasteiger partial charge in [0.15, 0.2) is 11.6 Å². The summed E-state index contributed by atoms with van der Waals surface area (Å²) >= 11 is 0. The largest absolute Gasteiger partial charge is 0.488 e. The molecule has 8 nitrogen and oxygen atoms in total. The fourth-order valence-electron chi connectivity index (χ4n) is 2.96. The molecule has 0 atom stereocenters. The number of urea groups is 1. The van der Waals surface area contributed by atoms with Gasteiger partial charge in [-0.05, 0) is 38.1 Å². The molecule has 8 heteroatoms. The molecular formula is C19H22N6O2. The van der Waals surface area contributed by atoms with E-state index < -0.39 is 0 Å². The molecule has 140 valence electrons. The van der Waals surface area contributed by atoms with Crippen LogP contribution in [0.15, 0.2) is 29.3 Å². The number of hydrogen-bond donors (Lipinski definition) is 2. The van der Waals surface area contributed by atoms with E-state index in [1.54, 1.807) is 24.1 Å². The Hall–Kier alpha value is -3.29. The Bertz CT molecular complexity index is 889. The Kier molecular flexibility index (Phi) is 5.44. The zero-order chi connectivity index (χ0) is 19.4. The van der Waals surface area contributed by atoms with Crippen molar-refractivity contribution in [2.75, 3.05) is 30.4 Å². The molecule has 0 spiro atoms. The van der Waals surface area contributed by atoms with Crippen molar-refractivity contribution in [3.05, 3.63) is 41.3 Å². The number of aliphatic imine (C=N–C) groups is 1. The summed E-state index contributed by atoms with van der Waals surface area (Å²) in [6, 6.07) is 6.94. The second-order valence-electron chi connectivity index (χ2n) is 6.17. The highest BCUT2D eigenvalue weighted by molar-refractivity contribution is 6.07. The second kappa shape index (κ2) is 7.94. The van der Waals surface area contributed by atoms with E-state index in [9.17, 15) is 4.79 Å². The van der Waals surface area contributed by atoms with Gasteiger partial charge in [0.2, 0.25) is 0 Å². The van der Waals surface area contributed by atoms with Gasteiger partial charge in [0.25, 0.3) is 0 Å². The fraction of sp³-hybridized carbons (Fsp3) is 0.316. The third-order valence-electron chi connectivity index (χ3n) is 4.11. The molecule has 0 fully saturated rings. The first-order valence-corrected chi connectivity index (χ1v) is 8.64. The van der Waals surface area contributed by atoms with E-state index in [-0.39, 0.29) is 6.03 Å². The lowest BCUT2D eigenvalue weighted by Gasteiger charge is -2.29. The summed E-state index contributed by atoms with van der Waals surface area (Å²) in [7, 11) is 1.66. The molecule has 0 aromatic carbocycles. The van der Waals surface area contributed by atoms with Gasteiger partial charge in [-0.1, -0.05) is 0 Å². The van der Waals surface area contributed by atoms with Crippen molar-refractivity contribution in [1.29, 1.82) is 5.41 Å². The monoisotopic (exact) mass is 366 g/mol. The summed E-state index contributed by atoms with van der Waals surface area (Å²) in [5, 5.41) is 10.2. The number of amides is 2. The third kappa shape index (κ3) is 4.11. The van der Waals surface area contributed by atoms with Crippen LogP contribution in [0.25, 0.3) is 0 Å². The average molecular weight is 366 g/mol. The molecular weight excluding hydrogens is 344 g/mol. The molecule has 27 heavy (non-hydrogen) atoms. The molecule has 0 unspecified atom stereocenters. The van der Waals surface area contributed by atoms with Crippen LogP contribution < -0.4 is 15.0 Å². The summed E-state index contributed by atoms with van der Waals surface area (Å²) in [6.45, 7) is 4.55. The molecule has 2 aromatic rings. The second-order valence-corrected chi connectivity index (χ2v) is 6.17. The Labute approximate surface area is 157 Å². The number of nitrogens with one attached hydrogen (secondary N) is 2. The molecule has 3 heterocycles. The summed E-state index contributed by atoms with van der Waals surface area (Å²) in [4.78, 5) is 27.5. The molecule has 2 aromatic heterocycles. The Morgan fingerprint density at radius 2 is 2.07 bits per heavy atom. The van der Waals surface area contributed by atoms with Crippen molar-refractivity contribution in [2.24, 2.45) is 4.99 Å². The summed E-state index contributed by atoms with van der Waals surface area (Å²) in [6.07, 6.45) is 1.66. The van der Waals surface area contributed by atoms with Crippen molar-refractivity contribution in [2.45, 2.75) is 20.3 Å². The molecule has 0 bridgehead atoms. The molecule has 2 amide bonds. The Morgan fingerprint density at radius 1 is 1.33 bits per heavy atom. The van der Waals surface area contributed by atoms with Gasteiger partial charge in [-0.3, -0.25) is 14.9 Å². The quantitative estimate of drug-likeness (QED) is 0.812. The number of hydrogen-bond acceptors (Lipinski definition) is 6. The van der Waals surface area contributed by atoms with Crippen molar-refractivity contribution in [3.8, 4) is 5.75 Å². The van der Waals surface area contributed by atoms with Gasteiger partial charge in [0.1, 0.15) is 6.61 Å². The van der Waals surface area contributed by atoms with E-state index in [1.807, 2.05) is 26.0 Å². The topological polar surface area (TPSA) is 104 Å². The van der Waals surface area contributed by atoms with E-state index >= 15 is 0 Å². The van der Waals surface area contributed by atoms with Gasteiger partial charge in [-0.2, -0.15) is 0 Å². The van der Waals surface area contributed by atoms with Crippen LogP contribution in [-0.2, 0) is 0 Å². The number of carbonyl (C=O) groups excluding carboxylic acids is 1. The molecule has 0 aliphatic carbocycles. The predicted molar refractivity (Wildman–Crippen MR) is 106 cm³/mol. The van der Waals surface area contributed by atoms with Crippen molar-refractivity contribution >= 4 is 29.5 Å². The van der Waals surface area contributed by atoms with Crippen LogP contribution in [0.1, 0.15) is 23.5 Å². The molecule has 1 aliphatic heterocycles. The number of pyridine rings is 2. The van der Waals surface area contributed by atoms with Crippen LogP contribution in [0.5, 0.6) is 5.75 Å². The number of rotatable bonds is 4. The van der Waals surface area contributed by atoms with E-state index in [1.165, 1.54) is 6.21 Å². The minimum Gasteiger partial charge on any atom is -0.488 e. The lowest BCUT2D eigenvalue weighted by molar-refractivity contribution is 0.249.